The Kier molecular flexibility index (Phi) is 7.03. The van der Waals surface area contributed by atoms with E-state index in [4.69, 9.17) is 19.2 Å². The molecular formula is C24H25N3O4S. The van der Waals surface area contributed by atoms with Crippen LogP contribution in [0.25, 0.3) is 17.3 Å². The number of ether oxygens (including phenoxy) is 3. The van der Waals surface area contributed by atoms with Crippen LogP contribution in [0.1, 0.15) is 4.88 Å². The average Bonchev–Trinajstić information content (AvgIpc) is 3.28. The fourth-order valence-electron chi connectivity index (χ4n) is 3.29. The van der Waals surface area contributed by atoms with Gasteiger partial charge in [0.05, 0.1) is 38.0 Å². The molecule has 166 valence electrons. The maximum atomic E-state index is 12.5. The van der Waals surface area contributed by atoms with Gasteiger partial charge < -0.3 is 24.4 Å². The molecule has 1 N–H and O–H groups in total. The Labute approximate surface area is 191 Å². The first-order valence-corrected chi connectivity index (χ1v) is 11.1. The topological polar surface area (TPSA) is 72.9 Å². The highest BCUT2D eigenvalue weighted by Crippen LogP contribution is 2.35. The number of rotatable bonds is 7. The number of hydrogen-bond donors (Lipinski definition) is 1. The molecule has 4 rings (SSSR count). The summed E-state index contributed by atoms with van der Waals surface area (Å²) in [6.45, 7) is 2.98. The first-order chi connectivity index (χ1) is 15.7. The molecule has 1 amide bonds. The van der Waals surface area contributed by atoms with Gasteiger partial charge in [-0.05, 0) is 54.6 Å². The molecule has 8 heteroatoms. The van der Waals surface area contributed by atoms with Gasteiger partial charge in [0.2, 0.25) is 5.91 Å². The van der Waals surface area contributed by atoms with Crippen LogP contribution in [0.5, 0.6) is 11.5 Å². The van der Waals surface area contributed by atoms with Crippen molar-refractivity contribution >= 4 is 34.1 Å². The van der Waals surface area contributed by atoms with E-state index in [1.165, 1.54) is 6.08 Å². The number of benzene rings is 2. The quantitative estimate of drug-likeness (QED) is 0.540. The van der Waals surface area contributed by atoms with Gasteiger partial charge in [0, 0.05) is 30.4 Å². The van der Waals surface area contributed by atoms with E-state index >= 15 is 0 Å². The molecule has 3 aromatic rings. The SMILES string of the molecule is COc1ccc(NC(=O)/C=C/c2sc(N3CCOCC3)nc2-c2ccc(OC)cc2)cc1. The summed E-state index contributed by atoms with van der Waals surface area (Å²) in [7, 11) is 3.25. The second-order valence-corrected chi connectivity index (χ2v) is 8.10. The standard InChI is InChI=1S/C24H25N3O4S/c1-29-19-7-3-17(4-8-19)23-21(32-24(26-23)27-13-15-31-16-14-27)11-12-22(28)25-18-5-9-20(30-2)10-6-18/h3-12H,13-16H2,1-2H3,(H,25,28)/b12-11+. The fraction of sp³-hybridized carbons (Fsp3) is 0.250. The molecule has 0 spiro atoms. The predicted octanol–water partition coefficient (Wildman–Crippen LogP) is 4.32. The molecule has 0 atom stereocenters. The van der Waals surface area contributed by atoms with E-state index in [1.54, 1.807) is 49.8 Å². The second-order valence-electron chi connectivity index (χ2n) is 7.09. The number of nitrogens with one attached hydrogen (secondary N) is 1. The number of aromatic nitrogens is 1. The van der Waals surface area contributed by atoms with Crippen LogP contribution in [0.4, 0.5) is 10.8 Å². The molecule has 1 aliphatic heterocycles. The van der Waals surface area contributed by atoms with Crippen molar-refractivity contribution in [2.24, 2.45) is 0 Å². The maximum Gasteiger partial charge on any atom is 0.248 e. The summed E-state index contributed by atoms with van der Waals surface area (Å²) in [6, 6.07) is 15.0. The molecule has 1 saturated heterocycles. The van der Waals surface area contributed by atoms with Crippen LogP contribution in [0, 0.1) is 0 Å². The number of hydrogen-bond acceptors (Lipinski definition) is 7. The Balaban J connectivity index is 1.57. The van der Waals surface area contributed by atoms with Crippen molar-refractivity contribution in [3.8, 4) is 22.8 Å². The molecule has 7 nitrogen and oxygen atoms in total. The van der Waals surface area contributed by atoms with E-state index in [1.807, 2.05) is 30.3 Å². The molecule has 1 aliphatic rings. The molecular weight excluding hydrogens is 426 g/mol. The average molecular weight is 452 g/mol. The summed E-state index contributed by atoms with van der Waals surface area (Å²) in [4.78, 5) is 20.5. The van der Waals surface area contributed by atoms with E-state index in [0.29, 0.717) is 18.9 Å². The Bertz CT molecular complexity index is 1070. The first-order valence-electron chi connectivity index (χ1n) is 10.3. The predicted molar refractivity (Wildman–Crippen MR) is 128 cm³/mol. The van der Waals surface area contributed by atoms with Crippen LogP contribution in [-0.4, -0.2) is 51.4 Å². The number of carbonyl (C=O) groups excluding carboxylic acids is 1. The van der Waals surface area contributed by atoms with Gasteiger partial charge in [-0.2, -0.15) is 0 Å². The molecule has 0 aliphatic carbocycles. The van der Waals surface area contributed by atoms with Gasteiger partial charge in [-0.3, -0.25) is 4.79 Å². The smallest absolute Gasteiger partial charge is 0.248 e. The zero-order chi connectivity index (χ0) is 22.3. The van der Waals surface area contributed by atoms with Gasteiger partial charge in [-0.15, -0.1) is 0 Å². The second kappa shape index (κ2) is 10.3. The molecule has 0 radical (unpaired) electrons. The molecule has 1 fully saturated rings. The molecule has 0 unspecified atom stereocenters. The van der Waals surface area contributed by atoms with Crippen molar-refractivity contribution in [3.05, 3.63) is 59.5 Å². The lowest BCUT2D eigenvalue weighted by Crippen LogP contribution is -2.36. The van der Waals surface area contributed by atoms with Gasteiger partial charge in [-0.1, -0.05) is 11.3 Å². The van der Waals surface area contributed by atoms with Crippen molar-refractivity contribution < 1.29 is 19.0 Å². The van der Waals surface area contributed by atoms with E-state index in [9.17, 15) is 4.79 Å². The van der Waals surface area contributed by atoms with E-state index < -0.39 is 0 Å². The van der Waals surface area contributed by atoms with Crippen molar-refractivity contribution in [2.45, 2.75) is 0 Å². The summed E-state index contributed by atoms with van der Waals surface area (Å²) >= 11 is 1.57. The van der Waals surface area contributed by atoms with Gasteiger partial charge >= 0.3 is 0 Å². The van der Waals surface area contributed by atoms with Crippen LogP contribution >= 0.6 is 11.3 Å². The molecule has 2 heterocycles. The highest BCUT2D eigenvalue weighted by Gasteiger charge is 2.18. The zero-order valence-corrected chi connectivity index (χ0v) is 18.9. The Morgan fingerprint density at radius 1 is 1.03 bits per heavy atom. The minimum Gasteiger partial charge on any atom is -0.497 e. The van der Waals surface area contributed by atoms with Crippen molar-refractivity contribution in [1.82, 2.24) is 4.98 Å². The third kappa shape index (κ3) is 5.27. The summed E-state index contributed by atoms with van der Waals surface area (Å²) < 4.78 is 15.9. The van der Waals surface area contributed by atoms with Crippen LogP contribution in [-0.2, 0) is 9.53 Å². The largest absolute Gasteiger partial charge is 0.497 e. The first kappa shape index (κ1) is 21.9. The van der Waals surface area contributed by atoms with Gasteiger partial charge in [0.1, 0.15) is 11.5 Å². The van der Waals surface area contributed by atoms with Gasteiger partial charge in [-0.25, -0.2) is 4.98 Å². The number of morpholine rings is 1. The Morgan fingerprint density at radius 2 is 1.66 bits per heavy atom. The van der Waals surface area contributed by atoms with Crippen LogP contribution in [0.3, 0.4) is 0 Å². The lowest BCUT2D eigenvalue weighted by Gasteiger charge is -2.26. The number of anilines is 2. The van der Waals surface area contributed by atoms with Crippen LogP contribution in [0.2, 0.25) is 0 Å². The third-order valence-electron chi connectivity index (χ3n) is 5.03. The number of methoxy groups -OCH3 is 2. The summed E-state index contributed by atoms with van der Waals surface area (Å²) in [5, 5.41) is 3.79. The third-order valence-corrected chi connectivity index (χ3v) is 6.11. The normalized spacial score (nSPS) is 13.9. The lowest BCUT2D eigenvalue weighted by atomic mass is 10.1. The highest BCUT2D eigenvalue weighted by molar-refractivity contribution is 7.17. The van der Waals surface area contributed by atoms with Crippen LogP contribution in [0.15, 0.2) is 54.6 Å². The van der Waals surface area contributed by atoms with Gasteiger partial charge in [0.25, 0.3) is 0 Å². The van der Waals surface area contributed by atoms with Crippen LogP contribution < -0.4 is 19.7 Å². The molecule has 2 aromatic carbocycles. The summed E-state index contributed by atoms with van der Waals surface area (Å²) in [6.07, 6.45) is 3.36. The number of nitrogens with zero attached hydrogens (tertiary/aromatic N) is 2. The maximum absolute atomic E-state index is 12.5. The molecule has 0 bridgehead atoms. The Hall–Kier alpha value is -3.36. The van der Waals surface area contributed by atoms with E-state index in [-0.39, 0.29) is 5.91 Å². The minimum absolute atomic E-state index is 0.211. The molecule has 32 heavy (non-hydrogen) atoms. The zero-order valence-electron chi connectivity index (χ0n) is 18.0. The minimum atomic E-state index is -0.211. The van der Waals surface area contributed by atoms with E-state index in [0.717, 1.165) is 45.9 Å². The number of amides is 1. The Morgan fingerprint density at radius 3 is 2.28 bits per heavy atom. The van der Waals surface area contributed by atoms with Gasteiger partial charge in [0.15, 0.2) is 5.13 Å². The highest BCUT2D eigenvalue weighted by atomic mass is 32.1. The lowest BCUT2D eigenvalue weighted by molar-refractivity contribution is -0.111. The molecule has 1 aromatic heterocycles. The fourth-order valence-corrected chi connectivity index (χ4v) is 4.33. The van der Waals surface area contributed by atoms with E-state index in [2.05, 4.69) is 10.2 Å². The number of thiazole rings is 1. The summed E-state index contributed by atoms with van der Waals surface area (Å²) in [5.41, 5.74) is 2.51. The number of carbonyl (C=O) groups is 1. The van der Waals surface area contributed by atoms with Crippen molar-refractivity contribution in [2.75, 3.05) is 50.7 Å². The molecule has 0 saturated carbocycles. The van der Waals surface area contributed by atoms with Crippen molar-refractivity contribution in [1.29, 1.82) is 0 Å². The monoisotopic (exact) mass is 451 g/mol. The summed E-state index contributed by atoms with van der Waals surface area (Å²) in [5.74, 6) is 1.31. The van der Waals surface area contributed by atoms with Crippen molar-refractivity contribution in [3.63, 3.8) is 0 Å².